The molecular weight excluding hydrogens is 383 g/mol. The van der Waals surface area contributed by atoms with Gasteiger partial charge in [0, 0.05) is 5.56 Å². The van der Waals surface area contributed by atoms with Crippen molar-refractivity contribution in [1.29, 1.82) is 0 Å². The van der Waals surface area contributed by atoms with Gasteiger partial charge in [-0.3, -0.25) is 4.79 Å². The van der Waals surface area contributed by atoms with Crippen LogP contribution in [0.5, 0.6) is 5.75 Å². The van der Waals surface area contributed by atoms with E-state index in [1.807, 2.05) is 0 Å². The summed E-state index contributed by atoms with van der Waals surface area (Å²) < 4.78 is 18.5. The number of hydrogen-bond acceptors (Lipinski definition) is 5. The summed E-state index contributed by atoms with van der Waals surface area (Å²) in [6.45, 7) is 0.0446. The average molecular weight is 398 g/mol. The van der Waals surface area contributed by atoms with Crippen molar-refractivity contribution < 1.29 is 28.9 Å². The van der Waals surface area contributed by atoms with Crippen LogP contribution in [0.1, 0.15) is 26.3 Å². The van der Waals surface area contributed by atoms with Gasteiger partial charge < -0.3 is 25.7 Å². The summed E-state index contributed by atoms with van der Waals surface area (Å²) in [5, 5.41) is 18.9. The fraction of sp³-hybridized carbons (Fsp3) is 0.0500. The van der Waals surface area contributed by atoms with Crippen LogP contribution in [0.2, 0.25) is 0 Å². The molecule has 0 saturated carbocycles. The van der Waals surface area contributed by atoms with E-state index in [4.69, 9.17) is 10.5 Å². The van der Waals surface area contributed by atoms with Crippen molar-refractivity contribution in [3.05, 3.63) is 81.4 Å². The smallest absolute Gasteiger partial charge is 0.342 e. The molecule has 9 heteroatoms. The average Bonchev–Trinajstić information content (AvgIpc) is 2.66. The van der Waals surface area contributed by atoms with Crippen molar-refractivity contribution in [3.8, 4) is 16.9 Å². The predicted molar refractivity (Wildman–Crippen MR) is 102 cm³/mol. The number of carboxylic acid groups (broad SMARTS) is 2. The summed E-state index contributed by atoms with van der Waals surface area (Å²) in [7, 11) is 0. The van der Waals surface area contributed by atoms with Crippen molar-refractivity contribution in [2.75, 3.05) is 5.73 Å². The topological polar surface area (TPSA) is 143 Å². The summed E-state index contributed by atoms with van der Waals surface area (Å²) in [6.07, 6.45) is 0. The van der Waals surface area contributed by atoms with Gasteiger partial charge in [-0.25, -0.2) is 14.0 Å². The summed E-state index contributed by atoms with van der Waals surface area (Å²) in [5.74, 6) is -3.51. The molecule has 0 aliphatic carbocycles. The third kappa shape index (κ3) is 4.08. The van der Waals surface area contributed by atoms with Crippen LogP contribution < -0.4 is 16.0 Å². The van der Waals surface area contributed by atoms with Gasteiger partial charge in [-0.2, -0.15) is 0 Å². The number of carbonyl (C=O) groups is 2. The van der Waals surface area contributed by atoms with Gasteiger partial charge in [-0.1, -0.05) is 18.2 Å². The lowest BCUT2D eigenvalue weighted by atomic mass is 9.94. The van der Waals surface area contributed by atoms with Crippen LogP contribution >= 0.6 is 0 Å². The molecule has 0 aliphatic rings. The van der Waals surface area contributed by atoms with E-state index in [-0.39, 0.29) is 17.7 Å². The predicted octanol–water partition coefficient (Wildman–Crippen LogP) is 2.74. The minimum atomic E-state index is -1.59. The maximum Gasteiger partial charge on any atom is 0.342 e. The first-order valence-corrected chi connectivity index (χ1v) is 8.28. The maximum absolute atomic E-state index is 13.0. The lowest BCUT2D eigenvalue weighted by molar-refractivity contribution is 0.0695. The second-order valence-corrected chi connectivity index (χ2v) is 6.05. The molecule has 148 valence electrons. The highest BCUT2D eigenvalue weighted by atomic mass is 19.1. The number of pyridine rings is 1. The van der Waals surface area contributed by atoms with Crippen LogP contribution in [0.15, 0.2) is 53.3 Å². The largest absolute Gasteiger partial charge is 0.489 e. The van der Waals surface area contributed by atoms with Gasteiger partial charge in [0.2, 0.25) is 0 Å². The van der Waals surface area contributed by atoms with Crippen LogP contribution in [0.25, 0.3) is 11.1 Å². The fourth-order valence-electron chi connectivity index (χ4n) is 2.85. The van der Waals surface area contributed by atoms with Gasteiger partial charge in [-0.15, -0.1) is 0 Å². The lowest BCUT2D eigenvalue weighted by Gasteiger charge is -2.13. The van der Waals surface area contributed by atoms with Crippen molar-refractivity contribution in [2.45, 2.75) is 6.61 Å². The van der Waals surface area contributed by atoms with E-state index in [2.05, 4.69) is 4.98 Å². The zero-order chi connectivity index (χ0) is 21.1. The standard InChI is InChI=1S/C20H15FN2O6/c21-12-4-6-13(7-5-12)29-9-10-2-1-3-11(8-10)14-15(19(25)26)17(22)23-18(24)16(14)20(27)28/h1-8H,9H2,(H,25,26)(H,27,28)(H3,22,23,24). The van der Waals surface area contributed by atoms with Crippen molar-refractivity contribution >= 4 is 17.8 Å². The highest BCUT2D eigenvalue weighted by Gasteiger charge is 2.26. The molecule has 29 heavy (non-hydrogen) atoms. The number of aromatic nitrogens is 1. The Hall–Kier alpha value is -4.14. The molecule has 5 N–H and O–H groups in total. The number of H-pyrrole nitrogens is 1. The van der Waals surface area contributed by atoms with Gasteiger partial charge in [-0.05, 0) is 41.5 Å². The van der Waals surface area contributed by atoms with E-state index in [9.17, 15) is 29.0 Å². The quantitative estimate of drug-likeness (QED) is 0.500. The number of benzene rings is 2. The number of anilines is 1. The molecule has 1 aromatic heterocycles. The van der Waals surface area contributed by atoms with Crippen LogP contribution in [-0.2, 0) is 6.61 Å². The molecule has 0 atom stereocenters. The molecule has 2 aromatic carbocycles. The summed E-state index contributed by atoms with van der Waals surface area (Å²) >= 11 is 0. The molecule has 0 amide bonds. The highest BCUT2D eigenvalue weighted by Crippen LogP contribution is 2.30. The van der Waals surface area contributed by atoms with E-state index in [0.29, 0.717) is 11.3 Å². The van der Waals surface area contributed by atoms with Gasteiger partial charge in [0.1, 0.15) is 35.1 Å². The van der Waals surface area contributed by atoms with Crippen molar-refractivity contribution in [1.82, 2.24) is 4.98 Å². The number of hydrogen-bond donors (Lipinski definition) is 4. The number of halogens is 1. The Morgan fingerprint density at radius 1 is 1.03 bits per heavy atom. The number of aromatic carboxylic acids is 2. The molecule has 3 rings (SSSR count). The summed E-state index contributed by atoms with van der Waals surface area (Å²) in [6, 6.07) is 11.6. The second-order valence-electron chi connectivity index (χ2n) is 6.05. The van der Waals surface area contributed by atoms with E-state index in [1.54, 1.807) is 12.1 Å². The van der Waals surface area contributed by atoms with Crippen molar-refractivity contribution in [3.63, 3.8) is 0 Å². The number of ether oxygens (including phenoxy) is 1. The Morgan fingerprint density at radius 2 is 1.69 bits per heavy atom. The first kappa shape index (κ1) is 19.6. The molecule has 0 radical (unpaired) electrons. The van der Waals surface area contributed by atoms with Crippen LogP contribution in [-0.4, -0.2) is 27.1 Å². The lowest BCUT2D eigenvalue weighted by Crippen LogP contribution is -2.24. The van der Waals surface area contributed by atoms with E-state index in [0.717, 1.165) is 0 Å². The number of aromatic amines is 1. The molecule has 0 fully saturated rings. The molecule has 0 saturated heterocycles. The Morgan fingerprint density at radius 3 is 2.31 bits per heavy atom. The highest BCUT2D eigenvalue weighted by molar-refractivity contribution is 6.07. The van der Waals surface area contributed by atoms with E-state index >= 15 is 0 Å². The second kappa shape index (κ2) is 7.85. The molecule has 1 heterocycles. The zero-order valence-electron chi connectivity index (χ0n) is 14.8. The molecule has 0 spiro atoms. The zero-order valence-corrected chi connectivity index (χ0v) is 14.8. The van der Waals surface area contributed by atoms with Crippen LogP contribution in [0, 0.1) is 5.82 Å². The van der Waals surface area contributed by atoms with Gasteiger partial charge in [0.15, 0.2) is 0 Å². The first-order chi connectivity index (χ1) is 13.8. The Bertz CT molecular complexity index is 1150. The summed E-state index contributed by atoms with van der Waals surface area (Å²) in [5.41, 5.74) is 3.82. The van der Waals surface area contributed by atoms with Crippen molar-refractivity contribution in [2.24, 2.45) is 0 Å². The monoisotopic (exact) mass is 398 g/mol. The van der Waals surface area contributed by atoms with Gasteiger partial charge in [0.05, 0.1) is 0 Å². The molecule has 0 bridgehead atoms. The molecule has 3 aromatic rings. The molecule has 0 unspecified atom stereocenters. The van der Waals surface area contributed by atoms with Crippen LogP contribution in [0.3, 0.4) is 0 Å². The number of nitrogen functional groups attached to an aromatic ring is 1. The number of nitrogens with two attached hydrogens (primary N) is 1. The van der Waals surface area contributed by atoms with Crippen LogP contribution in [0.4, 0.5) is 10.2 Å². The minimum absolute atomic E-state index is 0.0446. The number of nitrogens with one attached hydrogen (secondary N) is 1. The first-order valence-electron chi connectivity index (χ1n) is 8.28. The summed E-state index contributed by atoms with van der Waals surface area (Å²) in [4.78, 5) is 37.5. The Labute approximate surface area is 163 Å². The number of carboxylic acids is 2. The SMILES string of the molecule is Nc1[nH]c(=O)c(C(=O)O)c(-c2cccc(COc3ccc(F)cc3)c2)c1C(=O)O. The maximum atomic E-state index is 13.0. The Kier molecular flexibility index (Phi) is 5.31. The third-order valence-electron chi connectivity index (χ3n) is 4.11. The molecule has 8 nitrogen and oxygen atoms in total. The van der Waals surface area contributed by atoms with Gasteiger partial charge >= 0.3 is 11.9 Å². The van der Waals surface area contributed by atoms with E-state index in [1.165, 1.54) is 36.4 Å². The third-order valence-corrected chi connectivity index (χ3v) is 4.11. The number of rotatable bonds is 6. The Balaban J connectivity index is 2.06. The normalized spacial score (nSPS) is 10.5. The van der Waals surface area contributed by atoms with E-state index < -0.39 is 40.3 Å². The fourth-order valence-corrected chi connectivity index (χ4v) is 2.85. The molecular formula is C20H15FN2O6. The minimum Gasteiger partial charge on any atom is -0.489 e. The molecule has 0 aliphatic heterocycles. The van der Waals surface area contributed by atoms with Gasteiger partial charge in [0.25, 0.3) is 5.56 Å².